The Kier molecular flexibility index (Phi) is 4.75. The van der Waals surface area contributed by atoms with E-state index in [2.05, 4.69) is 20.4 Å². The summed E-state index contributed by atoms with van der Waals surface area (Å²) in [5.41, 5.74) is 8.63. The fraction of sp³-hybridized carbons (Fsp3) is 0.238. The topological polar surface area (TPSA) is 149 Å². The lowest BCUT2D eigenvalue weighted by atomic mass is 10.2. The summed E-state index contributed by atoms with van der Waals surface area (Å²) in [7, 11) is 0. The van der Waals surface area contributed by atoms with Crippen LogP contribution in [0.4, 0.5) is 11.5 Å². The quantitative estimate of drug-likeness (QED) is 0.308. The van der Waals surface area contributed by atoms with Gasteiger partial charge >= 0.3 is 5.69 Å². The Bertz CT molecular complexity index is 1430. The Morgan fingerprint density at radius 1 is 1.32 bits per heavy atom. The van der Waals surface area contributed by atoms with Crippen molar-refractivity contribution in [2.75, 3.05) is 11.9 Å². The molecule has 0 spiro atoms. The second-order valence-corrected chi connectivity index (χ2v) is 7.63. The van der Waals surface area contributed by atoms with Crippen LogP contribution in [-0.4, -0.2) is 36.2 Å². The first-order chi connectivity index (χ1) is 15.1. The van der Waals surface area contributed by atoms with E-state index in [0.29, 0.717) is 34.6 Å². The molecule has 0 unspecified atom stereocenters. The molecular formula is C21H22N8O2. The Morgan fingerprint density at radius 2 is 2.19 bits per heavy atom. The van der Waals surface area contributed by atoms with Crippen LogP contribution in [0.3, 0.4) is 0 Å². The molecule has 0 amide bonds. The van der Waals surface area contributed by atoms with Crippen molar-refractivity contribution in [1.29, 1.82) is 0 Å². The molecule has 0 bridgehead atoms. The van der Waals surface area contributed by atoms with Crippen molar-refractivity contribution in [3.05, 3.63) is 69.0 Å². The molecule has 6 N–H and O–H groups in total. The zero-order chi connectivity index (χ0) is 21.4. The first-order valence-electron chi connectivity index (χ1n) is 10.1. The molecular weight excluding hydrogens is 396 g/mol. The van der Waals surface area contributed by atoms with Crippen molar-refractivity contribution in [2.24, 2.45) is 16.6 Å². The average molecular weight is 418 g/mol. The number of H-pyrrole nitrogens is 2. The highest BCUT2D eigenvalue weighted by Gasteiger charge is 2.20. The largest absolute Gasteiger partial charge is 0.493 e. The van der Waals surface area contributed by atoms with Crippen LogP contribution in [0.15, 0.2) is 46.3 Å². The first-order valence-corrected chi connectivity index (χ1v) is 10.1. The molecule has 31 heavy (non-hydrogen) atoms. The van der Waals surface area contributed by atoms with E-state index < -0.39 is 5.69 Å². The molecule has 1 fully saturated rings. The minimum absolute atomic E-state index is 0.240. The molecule has 10 nitrogen and oxygen atoms in total. The number of fused-ring (bicyclic) bond motifs is 1. The van der Waals surface area contributed by atoms with Gasteiger partial charge in [0.2, 0.25) is 5.88 Å². The van der Waals surface area contributed by atoms with Gasteiger partial charge in [-0.15, -0.1) is 0 Å². The number of anilines is 2. The van der Waals surface area contributed by atoms with Crippen LogP contribution in [0.2, 0.25) is 0 Å². The first kappa shape index (κ1) is 19.1. The number of imidazole rings is 1. The standard InChI is InChI=1S/C21H22N8O2/c22-9-13-2-1-3-15(6-13)25-17-8-18(23-10-12-4-5-12)29-19(27-17)14(11-24-29)7-16-20(30)28-21(31)26-16/h1-3,6-8,11-12,25,30H,4-5,9-10,22H2,(H2,26,28,31)/b14-7+,23-18?. The Labute approximate surface area is 176 Å². The number of nitrogens with zero attached hydrogens (tertiary/aromatic N) is 4. The lowest BCUT2D eigenvalue weighted by Crippen LogP contribution is -2.20. The Balaban J connectivity index is 1.64. The van der Waals surface area contributed by atoms with E-state index in [-0.39, 0.29) is 11.6 Å². The third-order valence-electron chi connectivity index (χ3n) is 5.16. The molecule has 5 rings (SSSR count). The van der Waals surface area contributed by atoms with Gasteiger partial charge < -0.3 is 21.1 Å². The number of benzene rings is 1. The summed E-state index contributed by atoms with van der Waals surface area (Å²) in [5, 5.41) is 18.3. The number of nitrogens with one attached hydrogen (secondary N) is 3. The molecule has 0 atom stereocenters. The van der Waals surface area contributed by atoms with Crippen molar-refractivity contribution < 1.29 is 5.11 Å². The second-order valence-electron chi connectivity index (χ2n) is 7.63. The number of nitrogens with two attached hydrogens (primary N) is 1. The van der Waals surface area contributed by atoms with E-state index in [1.165, 1.54) is 12.8 Å². The third-order valence-corrected chi connectivity index (χ3v) is 5.16. The minimum atomic E-state index is -0.490. The van der Waals surface area contributed by atoms with Crippen LogP contribution in [-0.2, 0) is 6.54 Å². The van der Waals surface area contributed by atoms with E-state index in [0.717, 1.165) is 17.8 Å². The molecule has 0 saturated heterocycles. The van der Waals surface area contributed by atoms with Crippen molar-refractivity contribution in [1.82, 2.24) is 24.6 Å². The van der Waals surface area contributed by atoms with Crippen molar-refractivity contribution >= 4 is 23.2 Å². The Morgan fingerprint density at radius 3 is 2.94 bits per heavy atom. The average Bonchev–Trinajstić information content (AvgIpc) is 3.43. The summed E-state index contributed by atoms with van der Waals surface area (Å²) in [6.45, 7) is 1.19. The normalized spacial score (nSPS) is 15.1. The summed E-state index contributed by atoms with van der Waals surface area (Å²) < 4.78 is 1.66. The molecule has 1 aromatic carbocycles. The SMILES string of the molecule is NCc1cccc(Nc2cc(=NCC3CC3)n3nc/c(=C\c4[nH]c(=O)[nH]c4O)c3n2)c1. The number of aromatic amines is 2. The summed E-state index contributed by atoms with van der Waals surface area (Å²) in [4.78, 5) is 25.8. The maximum absolute atomic E-state index is 11.5. The van der Waals surface area contributed by atoms with Gasteiger partial charge in [0.1, 0.15) is 11.5 Å². The lowest BCUT2D eigenvalue weighted by molar-refractivity contribution is 0.454. The van der Waals surface area contributed by atoms with Crippen LogP contribution in [0.1, 0.15) is 24.1 Å². The molecule has 158 valence electrons. The minimum Gasteiger partial charge on any atom is -0.493 e. The van der Waals surface area contributed by atoms with Gasteiger partial charge in [-0.25, -0.2) is 9.78 Å². The maximum Gasteiger partial charge on any atom is 0.326 e. The molecule has 4 aromatic rings. The van der Waals surface area contributed by atoms with Crippen LogP contribution >= 0.6 is 0 Å². The highest BCUT2D eigenvalue weighted by atomic mass is 16.3. The number of hydrogen-bond acceptors (Lipinski definition) is 7. The molecule has 1 saturated carbocycles. The lowest BCUT2D eigenvalue weighted by Gasteiger charge is -2.08. The predicted octanol–water partition coefficient (Wildman–Crippen LogP) is 0.512. The van der Waals surface area contributed by atoms with E-state index in [1.807, 2.05) is 30.3 Å². The number of aromatic nitrogens is 5. The van der Waals surface area contributed by atoms with Gasteiger partial charge in [0, 0.05) is 30.1 Å². The van der Waals surface area contributed by atoms with E-state index >= 15 is 0 Å². The predicted molar refractivity (Wildman–Crippen MR) is 116 cm³/mol. The molecule has 1 aliphatic carbocycles. The molecule has 3 heterocycles. The van der Waals surface area contributed by atoms with Crippen molar-refractivity contribution in [3.8, 4) is 5.88 Å². The molecule has 3 aromatic heterocycles. The second kappa shape index (κ2) is 7.73. The van der Waals surface area contributed by atoms with Gasteiger partial charge in [-0.2, -0.15) is 9.61 Å². The fourth-order valence-corrected chi connectivity index (χ4v) is 3.34. The number of aromatic hydroxyl groups is 1. The molecule has 10 heteroatoms. The van der Waals surface area contributed by atoms with Crippen LogP contribution in [0.25, 0.3) is 11.7 Å². The Hall–Kier alpha value is -3.92. The third kappa shape index (κ3) is 4.05. The van der Waals surface area contributed by atoms with Crippen LogP contribution < -0.4 is 27.4 Å². The number of rotatable bonds is 6. The number of hydrogen-bond donors (Lipinski definition) is 5. The zero-order valence-electron chi connectivity index (χ0n) is 16.7. The van der Waals surface area contributed by atoms with E-state index in [4.69, 9.17) is 15.7 Å². The molecule has 0 radical (unpaired) electrons. The van der Waals surface area contributed by atoms with Gasteiger partial charge in [-0.05, 0) is 42.5 Å². The van der Waals surface area contributed by atoms with Gasteiger partial charge in [-0.1, -0.05) is 12.1 Å². The monoisotopic (exact) mass is 418 g/mol. The summed E-state index contributed by atoms with van der Waals surface area (Å²) >= 11 is 0. The zero-order valence-corrected chi connectivity index (χ0v) is 16.7. The van der Waals surface area contributed by atoms with Gasteiger partial charge in [-0.3, -0.25) is 9.98 Å². The van der Waals surface area contributed by atoms with E-state index in [9.17, 15) is 9.90 Å². The maximum atomic E-state index is 11.5. The van der Waals surface area contributed by atoms with Crippen LogP contribution in [0, 0.1) is 5.92 Å². The van der Waals surface area contributed by atoms with Crippen molar-refractivity contribution in [2.45, 2.75) is 19.4 Å². The fourth-order valence-electron chi connectivity index (χ4n) is 3.34. The highest BCUT2D eigenvalue weighted by Crippen LogP contribution is 2.28. The van der Waals surface area contributed by atoms with Crippen LogP contribution in [0.5, 0.6) is 5.88 Å². The molecule has 1 aliphatic rings. The highest BCUT2D eigenvalue weighted by molar-refractivity contribution is 5.61. The van der Waals surface area contributed by atoms with Gasteiger partial charge in [0.15, 0.2) is 11.1 Å². The van der Waals surface area contributed by atoms with Gasteiger partial charge in [0.25, 0.3) is 0 Å². The smallest absolute Gasteiger partial charge is 0.326 e. The summed E-state index contributed by atoms with van der Waals surface area (Å²) in [6.07, 6.45) is 5.65. The molecule has 0 aliphatic heterocycles. The summed E-state index contributed by atoms with van der Waals surface area (Å²) in [6, 6.07) is 9.67. The summed E-state index contributed by atoms with van der Waals surface area (Å²) in [5.74, 6) is 0.998. The van der Waals surface area contributed by atoms with Crippen molar-refractivity contribution in [3.63, 3.8) is 0 Å². The van der Waals surface area contributed by atoms with E-state index in [1.54, 1.807) is 16.8 Å². The van der Waals surface area contributed by atoms with Gasteiger partial charge in [0.05, 0.1) is 6.20 Å².